The summed E-state index contributed by atoms with van der Waals surface area (Å²) in [7, 11) is 5.25. The topological polar surface area (TPSA) is 70.7 Å². The van der Waals surface area contributed by atoms with Crippen molar-refractivity contribution in [2.75, 3.05) is 34.3 Å². The highest BCUT2D eigenvalue weighted by Gasteiger charge is 2.17. The quantitative estimate of drug-likeness (QED) is 0.639. The van der Waals surface area contributed by atoms with E-state index >= 15 is 0 Å². The number of hydrogen-bond acceptors (Lipinski definition) is 4. The van der Waals surface area contributed by atoms with Crippen molar-refractivity contribution in [2.24, 2.45) is 0 Å². The average Bonchev–Trinajstić information content (AvgIpc) is 2.58. The maximum absolute atomic E-state index is 12.1. The van der Waals surface area contributed by atoms with Crippen molar-refractivity contribution in [1.29, 1.82) is 0 Å². The SMILES string of the molecule is CCC(NC(=O)CCCNC)c1ccccc1OCC(=O)N(C)C. The highest BCUT2D eigenvalue weighted by molar-refractivity contribution is 5.77. The summed E-state index contributed by atoms with van der Waals surface area (Å²) in [6.45, 7) is 2.81. The molecule has 0 radical (unpaired) electrons. The lowest BCUT2D eigenvalue weighted by Crippen LogP contribution is -2.30. The minimum atomic E-state index is -0.127. The number of nitrogens with one attached hydrogen (secondary N) is 2. The van der Waals surface area contributed by atoms with Gasteiger partial charge in [-0.05, 0) is 32.5 Å². The third-order valence-electron chi connectivity index (χ3n) is 3.72. The minimum absolute atomic E-state index is 0.0173. The molecule has 24 heavy (non-hydrogen) atoms. The number of para-hydroxylation sites is 1. The second-order valence-corrected chi connectivity index (χ2v) is 5.85. The van der Waals surface area contributed by atoms with Gasteiger partial charge >= 0.3 is 0 Å². The summed E-state index contributed by atoms with van der Waals surface area (Å²) in [6.07, 6.45) is 2.04. The minimum Gasteiger partial charge on any atom is -0.483 e. The van der Waals surface area contributed by atoms with Crippen LogP contribution in [0.15, 0.2) is 24.3 Å². The standard InChI is InChI=1S/C18H29N3O3/c1-5-15(20-17(22)11-8-12-19-2)14-9-6-7-10-16(14)24-13-18(23)21(3)4/h6-7,9-10,15,19H,5,8,11-13H2,1-4H3,(H,20,22). The molecule has 0 bridgehead atoms. The van der Waals surface area contributed by atoms with E-state index in [0.29, 0.717) is 12.2 Å². The van der Waals surface area contributed by atoms with E-state index in [-0.39, 0.29) is 24.5 Å². The van der Waals surface area contributed by atoms with Crippen molar-refractivity contribution < 1.29 is 14.3 Å². The number of rotatable bonds is 10. The van der Waals surface area contributed by atoms with Crippen LogP contribution in [0.25, 0.3) is 0 Å². The number of ether oxygens (including phenoxy) is 1. The lowest BCUT2D eigenvalue weighted by atomic mass is 10.0. The Labute approximate surface area is 144 Å². The summed E-state index contributed by atoms with van der Waals surface area (Å²) in [5.41, 5.74) is 0.897. The van der Waals surface area contributed by atoms with Gasteiger partial charge in [-0.1, -0.05) is 25.1 Å². The third-order valence-corrected chi connectivity index (χ3v) is 3.72. The molecular weight excluding hydrogens is 306 g/mol. The molecule has 1 unspecified atom stereocenters. The van der Waals surface area contributed by atoms with Gasteiger partial charge in [-0.15, -0.1) is 0 Å². The molecule has 0 aromatic heterocycles. The molecular formula is C18H29N3O3. The fraction of sp³-hybridized carbons (Fsp3) is 0.556. The van der Waals surface area contributed by atoms with Crippen LogP contribution < -0.4 is 15.4 Å². The fourth-order valence-electron chi connectivity index (χ4n) is 2.26. The highest BCUT2D eigenvalue weighted by atomic mass is 16.5. The van der Waals surface area contributed by atoms with E-state index in [2.05, 4.69) is 10.6 Å². The lowest BCUT2D eigenvalue weighted by Gasteiger charge is -2.21. The molecule has 0 aliphatic heterocycles. The Hall–Kier alpha value is -2.08. The van der Waals surface area contributed by atoms with Crippen LogP contribution in [0.4, 0.5) is 0 Å². The zero-order chi connectivity index (χ0) is 17.9. The first kappa shape index (κ1) is 20.0. The van der Waals surface area contributed by atoms with Gasteiger partial charge in [-0.25, -0.2) is 0 Å². The number of amides is 2. The Kier molecular flexibility index (Phi) is 8.86. The average molecular weight is 335 g/mol. The second-order valence-electron chi connectivity index (χ2n) is 5.85. The van der Waals surface area contributed by atoms with Gasteiger partial charge in [0.05, 0.1) is 6.04 Å². The smallest absolute Gasteiger partial charge is 0.259 e. The summed E-state index contributed by atoms with van der Waals surface area (Å²) in [6, 6.07) is 7.40. The monoisotopic (exact) mass is 335 g/mol. The molecule has 0 fully saturated rings. The molecule has 0 saturated heterocycles. The Morgan fingerprint density at radius 1 is 1.25 bits per heavy atom. The number of nitrogens with zero attached hydrogens (tertiary/aromatic N) is 1. The summed E-state index contributed by atoms with van der Waals surface area (Å²) in [5.74, 6) is 0.556. The van der Waals surface area contributed by atoms with Crippen molar-refractivity contribution in [1.82, 2.24) is 15.5 Å². The molecule has 6 nitrogen and oxygen atoms in total. The fourth-order valence-corrected chi connectivity index (χ4v) is 2.26. The summed E-state index contributed by atoms with van der Waals surface area (Å²) >= 11 is 0. The molecule has 0 heterocycles. The molecule has 2 N–H and O–H groups in total. The first-order valence-corrected chi connectivity index (χ1v) is 8.35. The first-order valence-electron chi connectivity index (χ1n) is 8.35. The van der Waals surface area contributed by atoms with Crippen molar-refractivity contribution in [3.05, 3.63) is 29.8 Å². The Balaban J connectivity index is 2.74. The summed E-state index contributed by atoms with van der Waals surface area (Å²) in [5, 5.41) is 6.08. The number of carbonyl (C=O) groups excluding carboxylic acids is 2. The van der Waals surface area contributed by atoms with Gasteiger partial charge < -0.3 is 20.3 Å². The van der Waals surface area contributed by atoms with Crippen LogP contribution in [0.2, 0.25) is 0 Å². The predicted molar refractivity (Wildman–Crippen MR) is 95.0 cm³/mol. The van der Waals surface area contributed by atoms with Gasteiger partial charge in [-0.3, -0.25) is 9.59 Å². The molecule has 2 amide bonds. The van der Waals surface area contributed by atoms with Crippen LogP contribution in [-0.4, -0.2) is 51.0 Å². The second kappa shape index (κ2) is 10.6. The maximum atomic E-state index is 12.1. The molecule has 0 aliphatic rings. The van der Waals surface area contributed by atoms with Crippen LogP contribution in [-0.2, 0) is 9.59 Å². The molecule has 0 aliphatic carbocycles. The summed E-state index contributed by atoms with van der Waals surface area (Å²) in [4.78, 5) is 25.3. The van der Waals surface area contributed by atoms with Crippen LogP contribution in [0.3, 0.4) is 0 Å². The predicted octanol–water partition coefficient (Wildman–Crippen LogP) is 1.72. The van der Waals surface area contributed by atoms with Gasteiger partial charge in [-0.2, -0.15) is 0 Å². The molecule has 1 aromatic rings. The zero-order valence-corrected chi connectivity index (χ0v) is 15.1. The van der Waals surface area contributed by atoms with Gasteiger partial charge in [0.2, 0.25) is 5.91 Å². The van der Waals surface area contributed by atoms with Crippen LogP contribution in [0.1, 0.15) is 37.8 Å². The van der Waals surface area contributed by atoms with Gasteiger partial charge in [0.25, 0.3) is 5.91 Å². The van der Waals surface area contributed by atoms with Gasteiger partial charge in [0, 0.05) is 26.1 Å². The van der Waals surface area contributed by atoms with E-state index in [1.54, 1.807) is 14.1 Å². The Morgan fingerprint density at radius 3 is 2.58 bits per heavy atom. The van der Waals surface area contributed by atoms with E-state index in [1.165, 1.54) is 4.90 Å². The normalized spacial score (nSPS) is 11.7. The largest absolute Gasteiger partial charge is 0.483 e. The van der Waals surface area contributed by atoms with Crippen molar-refractivity contribution in [3.63, 3.8) is 0 Å². The molecule has 134 valence electrons. The van der Waals surface area contributed by atoms with Crippen LogP contribution in [0, 0.1) is 0 Å². The highest BCUT2D eigenvalue weighted by Crippen LogP contribution is 2.27. The molecule has 1 rings (SSSR count). The molecule has 1 atom stereocenters. The number of carbonyl (C=O) groups is 2. The van der Waals surface area contributed by atoms with Crippen LogP contribution in [0.5, 0.6) is 5.75 Å². The van der Waals surface area contributed by atoms with Gasteiger partial charge in [0.1, 0.15) is 5.75 Å². The first-order chi connectivity index (χ1) is 11.5. The zero-order valence-electron chi connectivity index (χ0n) is 15.1. The molecule has 0 spiro atoms. The van der Waals surface area contributed by atoms with E-state index in [9.17, 15) is 9.59 Å². The van der Waals surface area contributed by atoms with Gasteiger partial charge in [0.15, 0.2) is 6.61 Å². The number of benzene rings is 1. The summed E-state index contributed by atoms with van der Waals surface area (Å²) < 4.78 is 5.67. The molecule has 6 heteroatoms. The number of hydrogen-bond donors (Lipinski definition) is 2. The van der Waals surface area contributed by atoms with E-state index in [0.717, 1.165) is 24.9 Å². The maximum Gasteiger partial charge on any atom is 0.259 e. The van der Waals surface area contributed by atoms with E-state index in [4.69, 9.17) is 4.74 Å². The van der Waals surface area contributed by atoms with Crippen LogP contribution >= 0.6 is 0 Å². The van der Waals surface area contributed by atoms with E-state index < -0.39 is 0 Å². The van der Waals surface area contributed by atoms with Crippen molar-refractivity contribution in [3.8, 4) is 5.75 Å². The van der Waals surface area contributed by atoms with Crippen molar-refractivity contribution >= 4 is 11.8 Å². The van der Waals surface area contributed by atoms with Crippen molar-refractivity contribution in [2.45, 2.75) is 32.2 Å². The lowest BCUT2D eigenvalue weighted by molar-refractivity contribution is -0.130. The molecule has 0 saturated carbocycles. The van der Waals surface area contributed by atoms with E-state index in [1.807, 2.05) is 38.2 Å². The number of likely N-dealkylation sites (N-methyl/N-ethyl adjacent to an activating group) is 1. The molecule has 1 aromatic carbocycles. The third kappa shape index (κ3) is 6.58. The Bertz CT molecular complexity index is 532. The Morgan fingerprint density at radius 2 is 1.96 bits per heavy atom.